The highest BCUT2D eigenvalue weighted by Gasteiger charge is 2.18. The summed E-state index contributed by atoms with van der Waals surface area (Å²) in [4.78, 5) is 8.86. The highest BCUT2D eigenvalue weighted by Crippen LogP contribution is 2.29. The van der Waals surface area contributed by atoms with Crippen LogP contribution in [0.2, 0.25) is 0 Å². The fourth-order valence-corrected chi connectivity index (χ4v) is 3.77. The predicted octanol–water partition coefficient (Wildman–Crippen LogP) is 4.91. The van der Waals surface area contributed by atoms with Crippen LogP contribution in [0.5, 0.6) is 5.88 Å². The van der Waals surface area contributed by atoms with E-state index >= 15 is 0 Å². The highest BCUT2D eigenvalue weighted by atomic mass is 32.2. The van der Waals surface area contributed by atoms with Gasteiger partial charge in [-0.05, 0) is 33.3 Å². The number of aromatic nitrogens is 2. The van der Waals surface area contributed by atoms with E-state index in [2.05, 4.69) is 19.0 Å². The third-order valence-corrected chi connectivity index (χ3v) is 5.40. The fraction of sp³-hybridized carbons (Fsp3) is 0.444. The minimum Gasteiger partial charge on any atom is -0.472 e. The minimum atomic E-state index is -0.855. The van der Waals surface area contributed by atoms with Gasteiger partial charge in [0.15, 0.2) is 16.8 Å². The molecule has 0 bridgehead atoms. The lowest BCUT2D eigenvalue weighted by Gasteiger charge is -2.28. The average Bonchev–Trinajstić information content (AvgIpc) is 2.53. The Hall–Kier alpha value is -1.58. The number of anilines is 1. The summed E-state index contributed by atoms with van der Waals surface area (Å²) in [6, 6.07) is 5.89. The summed E-state index contributed by atoms with van der Waals surface area (Å²) in [6.45, 7) is 7.88. The maximum absolute atomic E-state index is 13.9. The quantitative estimate of drug-likeness (QED) is 0.394. The summed E-state index contributed by atoms with van der Waals surface area (Å²) in [7, 11) is 0. The first-order valence-electron chi connectivity index (χ1n) is 8.62. The van der Waals surface area contributed by atoms with Gasteiger partial charge in [-0.3, -0.25) is 0 Å². The number of hydrogen-bond acceptors (Lipinski definition) is 7. The lowest BCUT2D eigenvalue weighted by atomic mass is 10.2. The second-order valence-corrected chi connectivity index (χ2v) is 8.91. The first-order chi connectivity index (χ1) is 12.8. The number of nitrogens with zero attached hydrogens (tertiary/aromatic N) is 3. The first kappa shape index (κ1) is 20.2. The van der Waals surface area contributed by atoms with Gasteiger partial charge in [0.05, 0.1) is 0 Å². The Morgan fingerprint density at radius 3 is 2.67 bits per heavy atom. The molecule has 1 fully saturated rings. The first-order valence-corrected chi connectivity index (χ1v) is 10.4. The van der Waals surface area contributed by atoms with Gasteiger partial charge in [0, 0.05) is 42.6 Å². The van der Waals surface area contributed by atoms with Crippen molar-refractivity contribution in [3.63, 3.8) is 0 Å². The maximum Gasteiger partial charge on any atom is 0.220 e. The van der Waals surface area contributed by atoms with Crippen molar-refractivity contribution in [1.29, 1.82) is 0 Å². The molecule has 0 aliphatic carbocycles. The number of halogens is 2. The molecule has 9 heteroatoms. The molecule has 0 spiro atoms. The standard InChI is InChI=1S/C18H22F2N4OS2/c1-18(2,3)25-15-10-14(23-27-24-8-5-9-24)21-17(22-15)26-11-12-6-4-7-13(19)16(12)20/h4,6-7,10H,5,8-9,11H2,1-3H3,(H,21,22,23). The molecular formula is C18H22F2N4OS2. The van der Waals surface area contributed by atoms with E-state index in [0.717, 1.165) is 19.2 Å². The topological polar surface area (TPSA) is 50.3 Å². The molecule has 2 aromatic rings. The van der Waals surface area contributed by atoms with Gasteiger partial charge in [-0.2, -0.15) is 4.98 Å². The van der Waals surface area contributed by atoms with Crippen LogP contribution in [0.15, 0.2) is 29.4 Å². The molecule has 5 nitrogen and oxygen atoms in total. The van der Waals surface area contributed by atoms with Crippen molar-refractivity contribution in [3.8, 4) is 5.88 Å². The molecule has 27 heavy (non-hydrogen) atoms. The van der Waals surface area contributed by atoms with Crippen LogP contribution in [0, 0.1) is 11.6 Å². The second-order valence-electron chi connectivity index (χ2n) is 7.07. The van der Waals surface area contributed by atoms with Gasteiger partial charge in [0.1, 0.15) is 11.4 Å². The zero-order chi connectivity index (χ0) is 19.4. The summed E-state index contributed by atoms with van der Waals surface area (Å²) in [6.07, 6.45) is 1.19. The third-order valence-electron chi connectivity index (χ3n) is 3.58. The van der Waals surface area contributed by atoms with Crippen molar-refractivity contribution in [2.24, 2.45) is 0 Å². The van der Waals surface area contributed by atoms with Gasteiger partial charge >= 0.3 is 0 Å². The zero-order valence-corrected chi connectivity index (χ0v) is 17.1. The number of nitrogens with one attached hydrogen (secondary N) is 1. The minimum absolute atomic E-state index is 0.223. The van der Waals surface area contributed by atoms with E-state index in [1.165, 1.54) is 36.4 Å². The normalized spacial score (nSPS) is 14.7. The largest absolute Gasteiger partial charge is 0.472 e. The van der Waals surface area contributed by atoms with Gasteiger partial charge < -0.3 is 9.46 Å². The van der Waals surface area contributed by atoms with Gasteiger partial charge in [-0.15, -0.1) is 0 Å². The Balaban J connectivity index is 1.74. The number of rotatable bonds is 7. The van der Waals surface area contributed by atoms with E-state index in [-0.39, 0.29) is 11.3 Å². The molecule has 1 N–H and O–H groups in total. The van der Waals surface area contributed by atoms with Crippen LogP contribution < -0.4 is 9.46 Å². The highest BCUT2D eigenvalue weighted by molar-refractivity contribution is 7.98. The molecule has 1 saturated heterocycles. The molecule has 0 radical (unpaired) electrons. The van der Waals surface area contributed by atoms with E-state index in [9.17, 15) is 8.78 Å². The smallest absolute Gasteiger partial charge is 0.220 e. The lowest BCUT2D eigenvalue weighted by molar-refractivity contribution is 0.123. The molecule has 1 aliphatic heterocycles. The molecule has 146 valence electrons. The summed E-state index contributed by atoms with van der Waals surface area (Å²) in [5.74, 6) is -0.415. The number of ether oxygens (including phenoxy) is 1. The fourth-order valence-electron chi connectivity index (χ4n) is 2.18. The number of benzene rings is 1. The van der Waals surface area contributed by atoms with Crippen LogP contribution >= 0.6 is 23.9 Å². The van der Waals surface area contributed by atoms with Gasteiger partial charge in [-0.1, -0.05) is 23.9 Å². The van der Waals surface area contributed by atoms with Crippen molar-refractivity contribution in [3.05, 3.63) is 41.5 Å². The molecule has 0 unspecified atom stereocenters. The molecule has 1 aromatic heterocycles. The summed E-state index contributed by atoms with van der Waals surface area (Å²) < 4.78 is 38.5. The molecule has 0 saturated carbocycles. The Kier molecular flexibility index (Phi) is 6.44. The van der Waals surface area contributed by atoms with Crippen LogP contribution in [0.25, 0.3) is 0 Å². The monoisotopic (exact) mass is 412 g/mol. The van der Waals surface area contributed by atoms with Gasteiger partial charge in [-0.25, -0.2) is 18.1 Å². The molecule has 1 aromatic carbocycles. The van der Waals surface area contributed by atoms with Gasteiger partial charge in [0.2, 0.25) is 5.88 Å². The summed E-state index contributed by atoms with van der Waals surface area (Å²) >= 11 is 2.72. The van der Waals surface area contributed by atoms with Crippen molar-refractivity contribution in [1.82, 2.24) is 14.3 Å². The van der Waals surface area contributed by atoms with Crippen molar-refractivity contribution < 1.29 is 13.5 Å². The number of thioether (sulfide) groups is 1. The maximum atomic E-state index is 13.9. The molecule has 0 atom stereocenters. The second kappa shape index (κ2) is 8.62. The zero-order valence-electron chi connectivity index (χ0n) is 15.5. The van der Waals surface area contributed by atoms with Crippen molar-refractivity contribution >= 4 is 29.7 Å². The Morgan fingerprint density at radius 2 is 2.00 bits per heavy atom. The molecular weight excluding hydrogens is 390 g/mol. The Labute approximate surface area is 166 Å². The van der Waals surface area contributed by atoms with E-state index < -0.39 is 17.2 Å². The van der Waals surface area contributed by atoms with E-state index in [4.69, 9.17) is 4.74 Å². The lowest BCUT2D eigenvalue weighted by Crippen LogP contribution is -2.31. The molecule has 2 heterocycles. The third kappa shape index (κ3) is 5.95. The molecule has 1 aliphatic rings. The van der Waals surface area contributed by atoms with Crippen LogP contribution in [-0.2, 0) is 5.75 Å². The summed E-state index contributed by atoms with van der Waals surface area (Å²) in [5, 5.41) is 0.437. The average molecular weight is 413 g/mol. The van der Waals surface area contributed by atoms with E-state index in [0.29, 0.717) is 16.9 Å². The Morgan fingerprint density at radius 1 is 1.22 bits per heavy atom. The predicted molar refractivity (Wildman–Crippen MR) is 106 cm³/mol. The van der Waals surface area contributed by atoms with Crippen LogP contribution in [0.1, 0.15) is 32.8 Å². The van der Waals surface area contributed by atoms with Crippen LogP contribution in [-0.4, -0.2) is 33.0 Å². The van der Waals surface area contributed by atoms with Crippen molar-refractivity contribution in [2.45, 2.75) is 43.7 Å². The SMILES string of the molecule is CC(C)(C)Oc1cc(NSN2CCC2)nc(SCc2cccc(F)c2F)n1. The van der Waals surface area contributed by atoms with E-state index in [1.807, 2.05) is 20.8 Å². The molecule has 0 amide bonds. The number of hydrogen-bond donors (Lipinski definition) is 1. The van der Waals surface area contributed by atoms with Crippen molar-refractivity contribution in [2.75, 3.05) is 17.8 Å². The Bertz CT molecular complexity index is 797. The van der Waals surface area contributed by atoms with Crippen LogP contribution in [0.3, 0.4) is 0 Å². The molecule has 3 rings (SSSR count). The van der Waals surface area contributed by atoms with Gasteiger partial charge in [0.25, 0.3) is 0 Å². The summed E-state index contributed by atoms with van der Waals surface area (Å²) in [5.41, 5.74) is -0.137. The van der Waals surface area contributed by atoms with E-state index in [1.54, 1.807) is 12.1 Å². The van der Waals surface area contributed by atoms with Crippen LogP contribution in [0.4, 0.5) is 14.6 Å².